The molecule has 1 N–H and O–H groups in total. The van der Waals surface area contributed by atoms with Crippen LogP contribution in [0.1, 0.15) is 15.9 Å². The van der Waals surface area contributed by atoms with Gasteiger partial charge in [-0.3, -0.25) is 4.79 Å². The Morgan fingerprint density at radius 3 is 2.59 bits per heavy atom. The van der Waals surface area contributed by atoms with Crippen LogP contribution in [0.5, 0.6) is 11.5 Å². The van der Waals surface area contributed by atoms with Gasteiger partial charge in [0.2, 0.25) is 0 Å². The quantitative estimate of drug-likeness (QED) is 0.861. The van der Waals surface area contributed by atoms with Crippen molar-refractivity contribution in [2.75, 3.05) is 21.3 Å². The predicted octanol–water partition coefficient (Wildman–Crippen LogP) is 3.03. The summed E-state index contributed by atoms with van der Waals surface area (Å²) in [7, 11) is 4.91. The Labute approximate surface area is 134 Å². The molecule has 0 aliphatic rings. The summed E-state index contributed by atoms with van der Waals surface area (Å²) in [5, 5.41) is 0. The second-order valence-electron chi connectivity index (χ2n) is 4.76. The molecule has 0 unspecified atom stereocenters. The van der Waals surface area contributed by atoms with Crippen molar-refractivity contribution in [1.29, 1.82) is 0 Å². The first kappa shape index (κ1) is 16.0. The molecule has 0 fully saturated rings. The molecule has 5 nitrogen and oxygen atoms in total. The zero-order chi connectivity index (χ0) is 16.1. The van der Waals surface area contributed by atoms with E-state index in [-0.39, 0.29) is 5.91 Å². The number of methoxy groups -OCH3 is 2. The van der Waals surface area contributed by atoms with Crippen molar-refractivity contribution in [2.24, 2.45) is 0 Å². The number of pyridine rings is 1. The molecule has 0 atom stereocenters. The average Bonchev–Trinajstić information content (AvgIpc) is 2.54. The van der Waals surface area contributed by atoms with Gasteiger partial charge in [0.25, 0.3) is 5.91 Å². The van der Waals surface area contributed by atoms with Crippen molar-refractivity contribution in [1.82, 2.24) is 9.88 Å². The lowest BCUT2D eigenvalue weighted by atomic mass is 10.1. The molecule has 2 rings (SSSR count). The number of aromatic nitrogens is 1. The van der Waals surface area contributed by atoms with Gasteiger partial charge in [-0.2, -0.15) is 0 Å². The van der Waals surface area contributed by atoms with Crippen molar-refractivity contribution in [3.63, 3.8) is 0 Å². The highest BCUT2D eigenvalue weighted by Crippen LogP contribution is 2.28. The molecule has 0 bridgehead atoms. The standard InChI is InChI=1S/C16H18N2O3S/c1-18(16(19)12-5-4-8-17-15(12)22)10-11-6-7-13(20-2)14(9-11)21-3/h4-9H,10H2,1-3H3,(H,17,22). The summed E-state index contributed by atoms with van der Waals surface area (Å²) in [6, 6.07) is 9.05. The molecule has 6 heteroatoms. The molecule has 1 amide bonds. The fourth-order valence-electron chi connectivity index (χ4n) is 2.12. The highest BCUT2D eigenvalue weighted by molar-refractivity contribution is 7.71. The Morgan fingerprint density at radius 1 is 1.23 bits per heavy atom. The molecule has 1 aromatic heterocycles. The van der Waals surface area contributed by atoms with Gasteiger partial charge in [-0.15, -0.1) is 0 Å². The van der Waals surface area contributed by atoms with Crippen LogP contribution >= 0.6 is 12.2 Å². The van der Waals surface area contributed by atoms with Gasteiger partial charge in [-0.05, 0) is 29.8 Å². The first-order valence-electron chi connectivity index (χ1n) is 6.71. The summed E-state index contributed by atoms with van der Waals surface area (Å²) < 4.78 is 10.9. The van der Waals surface area contributed by atoms with Gasteiger partial charge in [0.1, 0.15) is 4.64 Å². The van der Waals surface area contributed by atoms with Gasteiger partial charge in [-0.25, -0.2) is 0 Å². The van der Waals surface area contributed by atoms with Crippen molar-refractivity contribution < 1.29 is 14.3 Å². The molecular formula is C16H18N2O3S. The number of nitrogens with zero attached hydrogens (tertiary/aromatic N) is 1. The molecule has 0 radical (unpaired) electrons. The zero-order valence-corrected chi connectivity index (χ0v) is 13.6. The minimum absolute atomic E-state index is 0.128. The van der Waals surface area contributed by atoms with E-state index in [9.17, 15) is 4.79 Å². The van der Waals surface area contributed by atoms with Crippen LogP contribution in [0.2, 0.25) is 0 Å². The Kier molecular flexibility index (Phi) is 5.16. The second-order valence-corrected chi connectivity index (χ2v) is 5.17. The number of hydrogen-bond donors (Lipinski definition) is 1. The predicted molar refractivity (Wildman–Crippen MR) is 87.0 cm³/mol. The number of amides is 1. The Morgan fingerprint density at radius 2 is 1.95 bits per heavy atom. The van der Waals surface area contributed by atoms with E-state index in [2.05, 4.69) is 4.98 Å². The Hall–Kier alpha value is -2.34. The number of carbonyl (C=O) groups excluding carboxylic acids is 1. The van der Waals surface area contributed by atoms with Crippen LogP contribution < -0.4 is 9.47 Å². The summed E-state index contributed by atoms with van der Waals surface area (Å²) in [5.74, 6) is 1.17. The fourth-order valence-corrected chi connectivity index (χ4v) is 2.34. The van der Waals surface area contributed by atoms with Crippen molar-refractivity contribution in [2.45, 2.75) is 6.54 Å². The van der Waals surface area contributed by atoms with Crippen LogP contribution in [-0.4, -0.2) is 37.1 Å². The summed E-state index contributed by atoms with van der Waals surface area (Å²) in [4.78, 5) is 16.9. The van der Waals surface area contributed by atoms with Crippen molar-refractivity contribution in [3.05, 3.63) is 52.3 Å². The normalized spacial score (nSPS) is 10.1. The molecule has 0 aliphatic heterocycles. The molecule has 1 aromatic carbocycles. The van der Waals surface area contributed by atoms with E-state index in [0.717, 1.165) is 5.56 Å². The molecule has 0 saturated carbocycles. The van der Waals surface area contributed by atoms with E-state index in [0.29, 0.717) is 28.2 Å². The second kappa shape index (κ2) is 7.09. The molecular weight excluding hydrogens is 300 g/mol. The van der Waals surface area contributed by atoms with Gasteiger partial charge in [0.05, 0.1) is 19.8 Å². The number of benzene rings is 1. The minimum atomic E-state index is -0.128. The number of rotatable bonds is 5. The van der Waals surface area contributed by atoms with E-state index in [1.807, 2.05) is 18.2 Å². The number of ether oxygens (including phenoxy) is 2. The third-order valence-electron chi connectivity index (χ3n) is 3.26. The summed E-state index contributed by atoms with van der Waals surface area (Å²) in [5.41, 5.74) is 1.43. The van der Waals surface area contributed by atoms with Crippen LogP contribution in [0.25, 0.3) is 0 Å². The molecule has 0 spiro atoms. The van der Waals surface area contributed by atoms with Gasteiger partial charge in [0.15, 0.2) is 11.5 Å². The first-order valence-corrected chi connectivity index (χ1v) is 7.11. The van der Waals surface area contributed by atoms with Crippen LogP contribution in [-0.2, 0) is 6.54 Å². The maximum absolute atomic E-state index is 12.4. The molecule has 1 heterocycles. The zero-order valence-electron chi connectivity index (χ0n) is 12.8. The van der Waals surface area contributed by atoms with Gasteiger partial charge in [0, 0.05) is 19.8 Å². The third kappa shape index (κ3) is 3.46. The number of carbonyl (C=O) groups is 1. The number of H-pyrrole nitrogens is 1. The third-order valence-corrected chi connectivity index (χ3v) is 3.60. The fraction of sp³-hybridized carbons (Fsp3) is 0.250. The van der Waals surface area contributed by atoms with Gasteiger partial charge in [-0.1, -0.05) is 18.3 Å². The lowest BCUT2D eigenvalue weighted by Crippen LogP contribution is -2.26. The largest absolute Gasteiger partial charge is 0.493 e. The number of aromatic amines is 1. The highest BCUT2D eigenvalue weighted by atomic mass is 32.1. The summed E-state index contributed by atoms with van der Waals surface area (Å²) in [6.07, 6.45) is 1.70. The minimum Gasteiger partial charge on any atom is -0.493 e. The lowest BCUT2D eigenvalue weighted by Gasteiger charge is -2.18. The van der Waals surface area contributed by atoms with E-state index < -0.39 is 0 Å². The van der Waals surface area contributed by atoms with Crippen molar-refractivity contribution >= 4 is 18.1 Å². The molecule has 0 aliphatic carbocycles. The van der Waals surface area contributed by atoms with Gasteiger partial charge >= 0.3 is 0 Å². The SMILES string of the molecule is COc1ccc(CN(C)C(=O)c2ccc[nH]c2=S)cc1OC. The van der Waals surface area contributed by atoms with E-state index in [1.165, 1.54) is 0 Å². The molecule has 0 saturated heterocycles. The highest BCUT2D eigenvalue weighted by Gasteiger charge is 2.14. The summed E-state index contributed by atoms with van der Waals surface area (Å²) in [6.45, 7) is 0.447. The molecule has 116 valence electrons. The van der Waals surface area contributed by atoms with E-state index in [1.54, 1.807) is 44.5 Å². The average molecular weight is 318 g/mol. The van der Waals surface area contributed by atoms with Crippen molar-refractivity contribution in [3.8, 4) is 11.5 Å². The maximum Gasteiger partial charge on any atom is 0.256 e. The monoisotopic (exact) mass is 318 g/mol. The first-order chi connectivity index (χ1) is 10.6. The van der Waals surface area contributed by atoms with E-state index in [4.69, 9.17) is 21.7 Å². The molecule has 22 heavy (non-hydrogen) atoms. The Bertz CT molecular complexity index is 727. The van der Waals surface area contributed by atoms with Crippen LogP contribution in [0, 0.1) is 4.64 Å². The smallest absolute Gasteiger partial charge is 0.256 e. The molecule has 2 aromatic rings. The van der Waals surface area contributed by atoms with Crippen LogP contribution in [0.4, 0.5) is 0 Å². The Balaban J connectivity index is 2.18. The number of hydrogen-bond acceptors (Lipinski definition) is 4. The van der Waals surface area contributed by atoms with E-state index >= 15 is 0 Å². The lowest BCUT2D eigenvalue weighted by molar-refractivity contribution is 0.0784. The van der Waals surface area contributed by atoms with Gasteiger partial charge < -0.3 is 19.4 Å². The van der Waals surface area contributed by atoms with Crippen LogP contribution in [0.15, 0.2) is 36.5 Å². The van der Waals surface area contributed by atoms with Crippen LogP contribution in [0.3, 0.4) is 0 Å². The number of nitrogens with one attached hydrogen (secondary N) is 1. The summed E-state index contributed by atoms with van der Waals surface area (Å²) >= 11 is 5.14. The maximum atomic E-state index is 12.4. The topological polar surface area (TPSA) is 54.6 Å².